The van der Waals surface area contributed by atoms with Crippen LogP contribution < -0.4 is 11.1 Å². The van der Waals surface area contributed by atoms with Gasteiger partial charge in [-0.15, -0.1) is 11.3 Å². The van der Waals surface area contributed by atoms with Crippen molar-refractivity contribution in [3.05, 3.63) is 52.5 Å². The number of aromatic nitrogens is 1. The lowest BCUT2D eigenvalue weighted by Gasteiger charge is -2.39. The van der Waals surface area contributed by atoms with Crippen LogP contribution in [0.2, 0.25) is 0 Å². The standard InChI is InChI=1S/C25H31N5O4S/c26-12-4-7-19(23(33)25-27-13-14-35-25)28-24(34)20-10-9-18-15-29(16-22(32)30(18)20)21(31)11-8-17-5-2-1-3-6-17/h1-3,5-6,13-14,18-20H,4,7-12,15-16,26H2,(H,28,34). The van der Waals surface area contributed by atoms with Crippen LogP contribution in [0.4, 0.5) is 0 Å². The van der Waals surface area contributed by atoms with Crippen molar-refractivity contribution in [2.45, 2.75) is 56.7 Å². The Kier molecular flexibility index (Phi) is 8.25. The molecule has 0 bridgehead atoms. The number of hydrogen-bond donors (Lipinski definition) is 2. The summed E-state index contributed by atoms with van der Waals surface area (Å²) in [7, 11) is 0. The van der Waals surface area contributed by atoms with E-state index in [4.69, 9.17) is 5.73 Å². The van der Waals surface area contributed by atoms with Gasteiger partial charge in [-0.25, -0.2) is 4.98 Å². The number of aryl methyl sites for hydroxylation is 1. The summed E-state index contributed by atoms with van der Waals surface area (Å²) < 4.78 is 0. The number of nitrogens with zero attached hydrogens (tertiary/aromatic N) is 3. The predicted molar refractivity (Wildman–Crippen MR) is 132 cm³/mol. The normalized spacial score (nSPS) is 20.4. The van der Waals surface area contributed by atoms with Gasteiger partial charge in [0.15, 0.2) is 5.01 Å². The van der Waals surface area contributed by atoms with Crippen LogP contribution in [0.25, 0.3) is 0 Å². The first-order valence-electron chi connectivity index (χ1n) is 12.0. The first kappa shape index (κ1) is 25.0. The Hall–Kier alpha value is -3.11. The molecule has 3 heterocycles. The number of fused-ring (bicyclic) bond motifs is 1. The van der Waals surface area contributed by atoms with E-state index in [2.05, 4.69) is 10.3 Å². The number of benzene rings is 1. The molecule has 3 amide bonds. The summed E-state index contributed by atoms with van der Waals surface area (Å²) in [5.74, 6) is -0.851. The van der Waals surface area contributed by atoms with Gasteiger partial charge in [-0.3, -0.25) is 19.2 Å². The molecule has 1 aromatic heterocycles. The maximum atomic E-state index is 13.2. The van der Waals surface area contributed by atoms with Gasteiger partial charge < -0.3 is 20.9 Å². The number of carbonyl (C=O) groups excluding carboxylic acids is 4. The fraction of sp³-hybridized carbons (Fsp3) is 0.480. The highest BCUT2D eigenvalue weighted by molar-refractivity contribution is 7.11. The molecule has 1 aromatic carbocycles. The summed E-state index contributed by atoms with van der Waals surface area (Å²) in [6.07, 6.45) is 4.66. The summed E-state index contributed by atoms with van der Waals surface area (Å²) in [6.45, 7) is 0.808. The largest absolute Gasteiger partial charge is 0.344 e. The number of ketones is 1. The molecule has 2 aromatic rings. The number of carbonyl (C=O) groups is 4. The van der Waals surface area contributed by atoms with Crippen molar-refractivity contribution in [2.75, 3.05) is 19.6 Å². The second-order valence-electron chi connectivity index (χ2n) is 9.00. The molecule has 10 heteroatoms. The maximum Gasteiger partial charge on any atom is 0.243 e. The molecular weight excluding hydrogens is 466 g/mol. The lowest BCUT2D eigenvalue weighted by molar-refractivity contribution is -0.151. The van der Waals surface area contributed by atoms with Crippen LogP contribution in [0.3, 0.4) is 0 Å². The summed E-state index contributed by atoms with van der Waals surface area (Å²) in [5.41, 5.74) is 6.71. The number of Topliss-reactive ketones (excluding diaryl/α,β-unsaturated/α-hetero) is 1. The van der Waals surface area contributed by atoms with Crippen LogP contribution in [0.5, 0.6) is 0 Å². The molecular formula is C25H31N5O4S. The highest BCUT2D eigenvalue weighted by Crippen LogP contribution is 2.29. The molecule has 0 saturated carbocycles. The molecule has 0 aliphatic carbocycles. The summed E-state index contributed by atoms with van der Waals surface area (Å²) in [6, 6.07) is 8.22. The van der Waals surface area contributed by atoms with E-state index in [0.717, 1.165) is 5.56 Å². The third kappa shape index (κ3) is 5.94. The third-order valence-corrected chi connectivity index (χ3v) is 7.43. The topological polar surface area (TPSA) is 126 Å². The van der Waals surface area contributed by atoms with Gasteiger partial charge in [-0.2, -0.15) is 0 Å². The molecule has 0 radical (unpaired) electrons. The molecule has 9 nitrogen and oxygen atoms in total. The van der Waals surface area contributed by atoms with E-state index >= 15 is 0 Å². The minimum Gasteiger partial charge on any atom is -0.344 e. The number of amides is 3. The van der Waals surface area contributed by atoms with Crippen molar-refractivity contribution < 1.29 is 19.2 Å². The van der Waals surface area contributed by atoms with Gasteiger partial charge in [0.2, 0.25) is 23.5 Å². The second kappa shape index (κ2) is 11.5. The van der Waals surface area contributed by atoms with E-state index in [1.807, 2.05) is 30.3 Å². The van der Waals surface area contributed by atoms with E-state index in [-0.39, 0.29) is 36.1 Å². The summed E-state index contributed by atoms with van der Waals surface area (Å²) in [5, 5.41) is 4.92. The Labute approximate surface area is 208 Å². The molecule has 3 atom stereocenters. The molecule has 3 N–H and O–H groups in total. The Balaban J connectivity index is 1.36. The van der Waals surface area contributed by atoms with Crippen LogP contribution in [0.1, 0.15) is 47.5 Å². The monoisotopic (exact) mass is 497 g/mol. The molecule has 3 unspecified atom stereocenters. The van der Waals surface area contributed by atoms with E-state index < -0.39 is 12.1 Å². The molecule has 2 aliphatic heterocycles. The first-order valence-corrected chi connectivity index (χ1v) is 12.9. The van der Waals surface area contributed by atoms with Gasteiger partial charge in [-0.05, 0) is 44.2 Å². The summed E-state index contributed by atoms with van der Waals surface area (Å²) in [4.78, 5) is 59.1. The van der Waals surface area contributed by atoms with Gasteiger partial charge in [0.05, 0.1) is 18.6 Å². The minimum atomic E-state index is -0.729. The SMILES string of the molecule is NCCCC(NC(=O)C1CCC2CN(C(=O)CCc3ccccc3)CC(=O)N21)C(=O)c1nccs1. The third-order valence-electron chi connectivity index (χ3n) is 6.65. The molecule has 186 valence electrons. The van der Waals surface area contributed by atoms with E-state index in [0.29, 0.717) is 56.6 Å². The number of thiazole rings is 1. The van der Waals surface area contributed by atoms with Crippen LogP contribution in [0, 0.1) is 0 Å². The molecule has 4 rings (SSSR count). The van der Waals surface area contributed by atoms with Crippen LogP contribution in [0.15, 0.2) is 41.9 Å². The zero-order valence-electron chi connectivity index (χ0n) is 19.6. The Morgan fingerprint density at radius 1 is 1.20 bits per heavy atom. The van der Waals surface area contributed by atoms with Crippen LogP contribution in [-0.4, -0.2) is 76.0 Å². The van der Waals surface area contributed by atoms with Gasteiger partial charge in [-0.1, -0.05) is 30.3 Å². The fourth-order valence-corrected chi connectivity index (χ4v) is 5.49. The second-order valence-corrected chi connectivity index (χ2v) is 9.90. The first-order chi connectivity index (χ1) is 17.0. The highest BCUT2D eigenvalue weighted by atomic mass is 32.1. The molecule has 2 fully saturated rings. The van der Waals surface area contributed by atoms with Crippen molar-refractivity contribution in [2.24, 2.45) is 5.73 Å². The van der Waals surface area contributed by atoms with E-state index in [1.54, 1.807) is 21.4 Å². The van der Waals surface area contributed by atoms with Gasteiger partial charge >= 0.3 is 0 Å². The number of rotatable bonds is 10. The van der Waals surface area contributed by atoms with E-state index in [1.165, 1.54) is 11.3 Å². The molecule has 0 spiro atoms. The van der Waals surface area contributed by atoms with Crippen LogP contribution in [-0.2, 0) is 20.8 Å². The number of nitrogens with one attached hydrogen (secondary N) is 1. The number of hydrogen-bond acceptors (Lipinski definition) is 7. The van der Waals surface area contributed by atoms with Crippen molar-refractivity contribution in [1.29, 1.82) is 0 Å². The zero-order valence-corrected chi connectivity index (χ0v) is 20.4. The van der Waals surface area contributed by atoms with Crippen molar-refractivity contribution in [1.82, 2.24) is 20.1 Å². The highest BCUT2D eigenvalue weighted by Gasteiger charge is 2.46. The van der Waals surface area contributed by atoms with Crippen molar-refractivity contribution in [3.8, 4) is 0 Å². The minimum absolute atomic E-state index is 0.0252. The molecule has 2 aliphatic rings. The van der Waals surface area contributed by atoms with Gasteiger partial charge in [0.25, 0.3) is 0 Å². The molecule has 35 heavy (non-hydrogen) atoms. The van der Waals surface area contributed by atoms with Gasteiger partial charge in [0.1, 0.15) is 6.04 Å². The van der Waals surface area contributed by atoms with Crippen molar-refractivity contribution in [3.63, 3.8) is 0 Å². The van der Waals surface area contributed by atoms with E-state index in [9.17, 15) is 19.2 Å². The van der Waals surface area contributed by atoms with Crippen molar-refractivity contribution >= 4 is 34.8 Å². The lowest BCUT2D eigenvalue weighted by atomic mass is 10.1. The molecule has 2 saturated heterocycles. The van der Waals surface area contributed by atoms with Gasteiger partial charge in [0, 0.05) is 24.5 Å². The Bertz CT molecular complexity index is 1050. The number of nitrogens with two attached hydrogens (primary N) is 1. The predicted octanol–water partition coefficient (Wildman–Crippen LogP) is 1.38. The Morgan fingerprint density at radius 2 is 2.00 bits per heavy atom. The lowest BCUT2D eigenvalue weighted by Crippen LogP contribution is -2.60. The maximum absolute atomic E-state index is 13.2. The quantitative estimate of drug-likeness (QED) is 0.478. The smallest absolute Gasteiger partial charge is 0.243 e. The summed E-state index contributed by atoms with van der Waals surface area (Å²) >= 11 is 1.23. The number of piperazine rings is 1. The fourth-order valence-electron chi connectivity index (χ4n) is 4.86. The Morgan fingerprint density at radius 3 is 2.71 bits per heavy atom. The average molecular weight is 498 g/mol. The van der Waals surface area contributed by atoms with Crippen LogP contribution >= 0.6 is 11.3 Å². The zero-order chi connectivity index (χ0) is 24.8. The average Bonchev–Trinajstić information content (AvgIpc) is 3.56.